The van der Waals surface area contributed by atoms with Crippen molar-refractivity contribution in [3.05, 3.63) is 35.4 Å². The fourth-order valence-electron chi connectivity index (χ4n) is 3.12. The number of aryl methyl sites for hydroxylation is 1. The first-order valence-corrected chi connectivity index (χ1v) is 8.68. The molecule has 2 fully saturated rings. The Hall–Kier alpha value is -1.63. The maximum atomic E-state index is 12.6. The fourth-order valence-corrected chi connectivity index (χ4v) is 3.12. The third-order valence-electron chi connectivity index (χ3n) is 4.69. The summed E-state index contributed by atoms with van der Waals surface area (Å²) in [5.74, 6) is 0.0712. The molecule has 1 unspecified atom stereocenters. The number of rotatable bonds is 3. The van der Waals surface area contributed by atoms with Crippen molar-refractivity contribution in [1.82, 2.24) is 15.1 Å². The number of benzene rings is 1. The maximum Gasteiger partial charge on any atom is 0.253 e. The summed E-state index contributed by atoms with van der Waals surface area (Å²) in [4.78, 5) is 28.6. The standard InChI is InChI=1S/C18H25N3O3.ClH/c1-2-14-3-5-15(6-4-14)17(22)20-8-10-21(11-9-20)18(23)16-13-19-7-12-24-16;/h3-6,16,19H,2,7-13H2,1H3;1H. The van der Waals surface area contributed by atoms with E-state index >= 15 is 0 Å². The second-order valence-electron chi connectivity index (χ2n) is 6.23. The molecule has 0 aromatic heterocycles. The molecule has 138 valence electrons. The van der Waals surface area contributed by atoms with E-state index in [1.807, 2.05) is 34.1 Å². The Morgan fingerprint density at radius 3 is 2.32 bits per heavy atom. The van der Waals surface area contributed by atoms with Gasteiger partial charge in [0.2, 0.25) is 0 Å². The quantitative estimate of drug-likeness (QED) is 0.863. The third kappa shape index (κ3) is 4.71. The number of hydrogen-bond acceptors (Lipinski definition) is 4. The van der Waals surface area contributed by atoms with Crippen LogP contribution in [0.4, 0.5) is 0 Å². The van der Waals surface area contributed by atoms with Crippen molar-refractivity contribution in [3.63, 3.8) is 0 Å². The van der Waals surface area contributed by atoms with Crippen molar-refractivity contribution in [1.29, 1.82) is 0 Å². The molecular weight excluding hydrogens is 342 g/mol. The highest BCUT2D eigenvalue weighted by Gasteiger charge is 2.30. The molecule has 7 heteroatoms. The van der Waals surface area contributed by atoms with Crippen LogP contribution in [0.2, 0.25) is 0 Å². The molecule has 1 N–H and O–H groups in total. The highest BCUT2D eigenvalue weighted by atomic mass is 35.5. The van der Waals surface area contributed by atoms with E-state index in [2.05, 4.69) is 12.2 Å². The van der Waals surface area contributed by atoms with Crippen LogP contribution in [0, 0.1) is 0 Å². The zero-order valence-electron chi connectivity index (χ0n) is 14.6. The van der Waals surface area contributed by atoms with E-state index in [1.165, 1.54) is 5.56 Å². The van der Waals surface area contributed by atoms with Gasteiger partial charge in [-0.25, -0.2) is 0 Å². The lowest BCUT2D eigenvalue weighted by atomic mass is 10.1. The minimum Gasteiger partial charge on any atom is -0.366 e. The van der Waals surface area contributed by atoms with Crippen LogP contribution in [-0.4, -0.2) is 73.6 Å². The number of hydrogen-bond donors (Lipinski definition) is 1. The fraction of sp³-hybridized carbons (Fsp3) is 0.556. The van der Waals surface area contributed by atoms with Crippen molar-refractivity contribution in [3.8, 4) is 0 Å². The molecular formula is C18H26ClN3O3. The molecule has 1 atom stereocenters. The molecule has 1 aromatic carbocycles. The van der Waals surface area contributed by atoms with Crippen LogP contribution in [0.1, 0.15) is 22.8 Å². The topological polar surface area (TPSA) is 61.9 Å². The van der Waals surface area contributed by atoms with Gasteiger partial charge in [-0.2, -0.15) is 0 Å². The van der Waals surface area contributed by atoms with Gasteiger partial charge < -0.3 is 19.9 Å². The van der Waals surface area contributed by atoms with E-state index in [4.69, 9.17) is 4.74 Å². The van der Waals surface area contributed by atoms with Gasteiger partial charge in [0, 0.05) is 44.8 Å². The summed E-state index contributed by atoms with van der Waals surface area (Å²) < 4.78 is 5.52. The Balaban J connectivity index is 0.00000225. The number of amides is 2. The largest absolute Gasteiger partial charge is 0.366 e. The molecule has 0 spiro atoms. The summed E-state index contributed by atoms with van der Waals surface area (Å²) in [5, 5.41) is 3.18. The highest BCUT2D eigenvalue weighted by molar-refractivity contribution is 5.94. The first-order valence-electron chi connectivity index (χ1n) is 8.68. The molecule has 0 aliphatic carbocycles. The normalized spacial score (nSPS) is 20.8. The van der Waals surface area contributed by atoms with Gasteiger partial charge in [0.25, 0.3) is 11.8 Å². The molecule has 0 bridgehead atoms. The Labute approximate surface area is 154 Å². The zero-order valence-corrected chi connectivity index (χ0v) is 15.4. The van der Waals surface area contributed by atoms with Gasteiger partial charge >= 0.3 is 0 Å². The Kier molecular flexibility index (Phi) is 7.23. The number of piperazine rings is 1. The molecule has 2 aliphatic rings. The number of carbonyl (C=O) groups is 2. The van der Waals surface area contributed by atoms with Crippen LogP contribution >= 0.6 is 12.4 Å². The van der Waals surface area contributed by atoms with Gasteiger partial charge in [-0.3, -0.25) is 9.59 Å². The first kappa shape index (κ1) is 19.7. The maximum absolute atomic E-state index is 12.6. The van der Waals surface area contributed by atoms with Gasteiger partial charge in [0.15, 0.2) is 0 Å². The molecule has 1 aromatic rings. The Bertz CT molecular complexity index is 580. The molecule has 3 rings (SSSR count). The molecule has 2 aliphatic heterocycles. The summed E-state index contributed by atoms with van der Waals surface area (Å²) in [6.07, 6.45) is 0.579. The van der Waals surface area contributed by atoms with E-state index in [0.29, 0.717) is 44.9 Å². The van der Waals surface area contributed by atoms with Crippen molar-refractivity contribution < 1.29 is 14.3 Å². The number of halogens is 1. The van der Waals surface area contributed by atoms with E-state index in [9.17, 15) is 9.59 Å². The Morgan fingerprint density at radius 2 is 1.76 bits per heavy atom. The van der Waals surface area contributed by atoms with E-state index in [0.717, 1.165) is 13.0 Å². The third-order valence-corrected chi connectivity index (χ3v) is 4.69. The highest BCUT2D eigenvalue weighted by Crippen LogP contribution is 2.12. The van der Waals surface area contributed by atoms with Crippen LogP contribution in [0.25, 0.3) is 0 Å². The lowest BCUT2D eigenvalue weighted by molar-refractivity contribution is -0.146. The molecule has 6 nitrogen and oxygen atoms in total. The summed E-state index contributed by atoms with van der Waals surface area (Å²) in [6, 6.07) is 7.78. The predicted molar refractivity (Wildman–Crippen MR) is 98.2 cm³/mol. The zero-order chi connectivity index (χ0) is 16.9. The SMILES string of the molecule is CCc1ccc(C(=O)N2CCN(C(=O)C3CNCCO3)CC2)cc1.Cl. The molecule has 0 radical (unpaired) electrons. The number of morpholine rings is 1. The molecule has 25 heavy (non-hydrogen) atoms. The summed E-state index contributed by atoms with van der Waals surface area (Å²) in [5.41, 5.74) is 1.94. The summed E-state index contributed by atoms with van der Waals surface area (Å²) in [6.45, 7) is 6.31. The van der Waals surface area contributed by atoms with Crippen molar-refractivity contribution in [2.75, 3.05) is 45.9 Å². The van der Waals surface area contributed by atoms with Crippen LogP contribution < -0.4 is 5.32 Å². The van der Waals surface area contributed by atoms with E-state index in [1.54, 1.807) is 0 Å². The number of carbonyl (C=O) groups excluding carboxylic acids is 2. The predicted octanol–water partition coefficient (Wildman–Crippen LogP) is 0.944. The van der Waals surface area contributed by atoms with Crippen molar-refractivity contribution in [2.24, 2.45) is 0 Å². The molecule has 2 heterocycles. The van der Waals surface area contributed by atoms with Gasteiger partial charge in [-0.05, 0) is 24.1 Å². The summed E-state index contributed by atoms with van der Waals surface area (Å²) >= 11 is 0. The lowest BCUT2D eigenvalue weighted by Gasteiger charge is -2.37. The van der Waals surface area contributed by atoms with Gasteiger partial charge in [-0.1, -0.05) is 19.1 Å². The Morgan fingerprint density at radius 1 is 1.12 bits per heavy atom. The first-order chi connectivity index (χ1) is 11.7. The van der Waals surface area contributed by atoms with E-state index in [-0.39, 0.29) is 30.3 Å². The number of nitrogens with zero attached hydrogens (tertiary/aromatic N) is 2. The van der Waals surface area contributed by atoms with Crippen LogP contribution in [0.3, 0.4) is 0 Å². The van der Waals surface area contributed by atoms with E-state index < -0.39 is 0 Å². The second-order valence-corrected chi connectivity index (χ2v) is 6.23. The van der Waals surface area contributed by atoms with Crippen LogP contribution in [0.15, 0.2) is 24.3 Å². The van der Waals surface area contributed by atoms with Crippen LogP contribution in [-0.2, 0) is 16.0 Å². The minimum atomic E-state index is -0.386. The number of nitrogens with one attached hydrogen (secondary N) is 1. The molecule has 2 saturated heterocycles. The lowest BCUT2D eigenvalue weighted by Crippen LogP contribution is -2.56. The average Bonchev–Trinajstić information content (AvgIpc) is 2.68. The van der Waals surface area contributed by atoms with Gasteiger partial charge in [0.1, 0.15) is 6.10 Å². The van der Waals surface area contributed by atoms with Gasteiger partial charge in [-0.15, -0.1) is 12.4 Å². The second kappa shape index (κ2) is 9.17. The molecule has 0 saturated carbocycles. The smallest absolute Gasteiger partial charge is 0.253 e. The van der Waals surface area contributed by atoms with Crippen molar-refractivity contribution in [2.45, 2.75) is 19.4 Å². The average molecular weight is 368 g/mol. The van der Waals surface area contributed by atoms with Crippen molar-refractivity contribution >= 4 is 24.2 Å². The monoisotopic (exact) mass is 367 g/mol. The minimum absolute atomic E-state index is 0. The molecule has 2 amide bonds. The van der Waals surface area contributed by atoms with Gasteiger partial charge in [0.05, 0.1) is 6.61 Å². The summed E-state index contributed by atoms with van der Waals surface area (Å²) in [7, 11) is 0. The number of ether oxygens (including phenoxy) is 1. The van der Waals surface area contributed by atoms with Crippen LogP contribution in [0.5, 0.6) is 0 Å².